The molecule has 0 spiro atoms. The lowest BCUT2D eigenvalue weighted by Crippen LogP contribution is -2.37. The number of hydrogen-bond acceptors (Lipinski definition) is 6. The number of aliphatic hydroxyl groups is 3. The molecule has 0 aromatic carbocycles. The first kappa shape index (κ1) is 14.8. The first-order chi connectivity index (χ1) is 10.5. The highest BCUT2D eigenvalue weighted by atomic mass is 16.3. The number of H-pyrrole nitrogens is 1. The summed E-state index contributed by atoms with van der Waals surface area (Å²) in [6.07, 6.45) is 0.606. The summed E-state index contributed by atoms with van der Waals surface area (Å²) in [5, 5.41) is 29.2. The van der Waals surface area contributed by atoms with Crippen molar-refractivity contribution in [3.63, 3.8) is 0 Å². The Bertz CT molecular complexity index is 762. The molecule has 8 nitrogen and oxygen atoms in total. The van der Waals surface area contributed by atoms with Gasteiger partial charge in [-0.3, -0.25) is 14.3 Å². The minimum atomic E-state index is -1.20. The fourth-order valence-corrected chi connectivity index (χ4v) is 2.90. The Kier molecular flexibility index (Phi) is 3.73. The Morgan fingerprint density at radius 1 is 1.32 bits per heavy atom. The third kappa shape index (κ3) is 2.31. The quantitative estimate of drug-likeness (QED) is 0.580. The standard InChI is InChI=1S/C14H16N2O6/c17-6-7-4-9(12(19)11(7)18)16-5-8(10-2-1-3-22-10)13(20)15-14(16)21/h1-3,5,7,9,11-12,17-19H,4,6H2,(H,15,20,21)/t7-,9-,11-,12+/m1/s1. The molecular formula is C14H16N2O6. The minimum Gasteiger partial charge on any atom is -0.464 e. The third-order valence-electron chi connectivity index (χ3n) is 4.12. The molecule has 3 rings (SSSR count). The van der Waals surface area contributed by atoms with Crippen molar-refractivity contribution in [1.29, 1.82) is 0 Å². The second-order valence-electron chi connectivity index (χ2n) is 5.41. The summed E-state index contributed by atoms with van der Waals surface area (Å²) < 4.78 is 6.33. The van der Waals surface area contributed by atoms with Crippen LogP contribution >= 0.6 is 0 Å². The van der Waals surface area contributed by atoms with Crippen molar-refractivity contribution in [2.24, 2.45) is 5.92 Å². The van der Waals surface area contributed by atoms with Crippen LogP contribution in [0.1, 0.15) is 12.5 Å². The van der Waals surface area contributed by atoms with E-state index in [9.17, 15) is 24.9 Å². The van der Waals surface area contributed by atoms with Crippen LogP contribution in [0.4, 0.5) is 0 Å². The fraction of sp³-hybridized carbons (Fsp3) is 0.429. The predicted octanol–water partition coefficient (Wildman–Crippen LogP) is -0.928. The van der Waals surface area contributed by atoms with Gasteiger partial charge in [0.2, 0.25) is 0 Å². The molecule has 0 unspecified atom stereocenters. The van der Waals surface area contributed by atoms with Crippen LogP contribution in [0.2, 0.25) is 0 Å². The van der Waals surface area contributed by atoms with Crippen LogP contribution in [-0.2, 0) is 0 Å². The SMILES string of the molecule is O=c1[nH]c(=O)n([C@@H]2C[C@H](CO)[C@@H](O)[C@H]2O)cc1-c1ccco1. The average Bonchev–Trinajstić information content (AvgIpc) is 3.10. The van der Waals surface area contributed by atoms with Crippen LogP contribution in [0.15, 0.2) is 38.6 Å². The first-order valence-electron chi connectivity index (χ1n) is 6.89. The van der Waals surface area contributed by atoms with E-state index in [2.05, 4.69) is 4.98 Å². The number of nitrogens with one attached hydrogen (secondary N) is 1. The lowest BCUT2D eigenvalue weighted by atomic mass is 10.1. The van der Waals surface area contributed by atoms with E-state index in [0.717, 1.165) is 0 Å². The number of rotatable bonds is 3. The molecule has 2 aromatic heterocycles. The van der Waals surface area contributed by atoms with Gasteiger partial charge in [0.15, 0.2) is 0 Å². The van der Waals surface area contributed by atoms with E-state index < -0.39 is 35.4 Å². The molecule has 8 heteroatoms. The maximum absolute atomic E-state index is 12.0. The summed E-state index contributed by atoms with van der Waals surface area (Å²) in [5.41, 5.74) is -1.13. The molecule has 0 amide bonds. The molecule has 2 heterocycles. The van der Waals surface area contributed by atoms with Crippen molar-refractivity contribution in [1.82, 2.24) is 9.55 Å². The second-order valence-corrected chi connectivity index (χ2v) is 5.41. The summed E-state index contributed by atoms with van der Waals surface area (Å²) >= 11 is 0. The van der Waals surface area contributed by atoms with Crippen LogP contribution in [0.3, 0.4) is 0 Å². The number of aliphatic hydroxyl groups excluding tert-OH is 3. The smallest absolute Gasteiger partial charge is 0.328 e. The molecule has 1 aliphatic rings. The molecule has 1 aliphatic carbocycles. The zero-order valence-corrected chi connectivity index (χ0v) is 11.5. The fourth-order valence-electron chi connectivity index (χ4n) is 2.90. The molecule has 0 radical (unpaired) electrons. The number of nitrogens with zero attached hydrogens (tertiary/aromatic N) is 1. The van der Waals surface area contributed by atoms with Gasteiger partial charge in [-0.25, -0.2) is 4.79 Å². The van der Waals surface area contributed by atoms with Crippen molar-refractivity contribution in [3.05, 3.63) is 45.4 Å². The maximum atomic E-state index is 12.0. The van der Waals surface area contributed by atoms with Crippen LogP contribution in [0, 0.1) is 5.92 Å². The van der Waals surface area contributed by atoms with Gasteiger partial charge in [-0.2, -0.15) is 0 Å². The van der Waals surface area contributed by atoms with Crippen molar-refractivity contribution in [2.45, 2.75) is 24.7 Å². The van der Waals surface area contributed by atoms with Gasteiger partial charge in [-0.15, -0.1) is 0 Å². The molecule has 0 bridgehead atoms. The Morgan fingerprint density at radius 3 is 2.68 bits per heavy atom. The molecule has 4 N–H and O–H groups in total. The van der Waals surface area contributed by atoms with Gasteiger partial charge in [0.1, 0.15) is 11.9 Å². The second kappa shape index (κ2) is 5.56. The van der Waals surface area contributed by atoms with Crippen molar-refractivity contribution >= 4 is 0 Å². The van der Waals surface area contributed by atoms with Crippen molar-refractivity contribution < 1.29 is 19.7 Å². The van der Waals surface area contributed by atoms with E-state index in [0.29, 0.717) is 5.76 Å². The third-order valence-corrected chi connectivity index (χ3v) is 4.12. The van der Waals surface area contributed by atoms with Crippen LogP contribution in [0.5, 0.6) is 0 Å². The van der Waals surface area contributed by atoms with E-state index >= 15 is 0 Å². The van der Waals surface area contributed by atoms with Crippen LogP contribution < -0.4 is 11.2 Å². The molecular weight excluding hydrogens is 292 g/mol. The lowest BCUT2D eigenvalue weighted by molar-refractivity contribution is -0.00454. The average molecular weight is 308 g/mol. The van der Waals surface area contributed by atoms with E-state index in [1.54, 1.807) is 12.1 Å². The largest absolute Gasteiger partial charge is 0.464 e. The molecule has 2 aromatic rings. The lowest BCUT2D eigenvalue weighted by Gasteiger charge is -2.19. The van der Waals surface area contributed by atoms with Gasteiger partial charge in [0, 0.05) is 18.7 Å². The topological polar surface area (TPSA) is 129 Å². The zero-order chi connectivity index (χ0) is 15.9. The van der Waals surface area contributed by atoms with Gasteiger partial charge >= 0.3 is 5.69 Å². The number of furan rings is 1. The Labute approximate surface area is 124 Å². The molecule has 0 saturated heterocycles. The number of hydrogen-bond donors (Lipinski definition) is 4. The highest BCUT2D eigenvalue weighted by Crippen LogP contribution is 2.34. The summed E-state index contributed by atoms with van der Waals surface area (Å²) in [7, 11) is 0. The first-order valence-corrected chi connectivity index (χ1v) is 6.89. The minimum absolute atomic E-state index is 0.152. The zero-order valence-electron chi connectivity index (χ0n) is 11.5. The van der Waals surface area contributed by atoms with Crippen LogP contribution in [0.25, 0.3) is 11.3 Å². The maximum Gasteiger partial charge on any atom is 0.328 e. The summed E-state index contributed by atoms with van der Waals surface area (Å²) in [6.45, 7) is -0.294. The summed E-state index contributed by atoms with van der Waals surface area (Å²) in [5.74, 6) is -0.229. The highest BCUT2D eigenvalue weighted by molar-refractivity contribution is 5.54. The number of aromatic amines is 1. The van der Waals surface area contributed by atoms with Crippen LogP contribution in [-0.4, -0.2) is 43.7 Å². The predicted molar refractivity (Wildman–Crippen MR) is 75.3 cm³/mol. The number of aromatic nitrogens is 2. The molecule has 1 saturated carbocycles. The van der Waals surface area contributed by atoms with Gasteiger partial charge in [0.05, 0.1) is 24.0 Å². The molecule has 0 aliphatic heterocycles. The summed E-state index contributed by atoms with van der Waals surface area (Å²) in [6, 6.07) is 2.46. The van der Waals surface area contributed by atoms with E-state index in [1.165, 1.54) is 17.0 Å². The molecule has 118 valence electrons. The van der Waals surface area contributed by atoms with E-state index in [-0.39, 0.29) is 18.6 Å². The van der Waals surface area contributed by atoms with Gasteiger partial charge in [-0.05, 0) is 18.6 Å². The van der Waals surface area contributed by atoms with E-state index in [4.69, 9.17) is 4.42 Å². The Morgan fingerprint density at radius 2 is 2.09 bits per heavy atom. The highest BCUT2D eigenvalue weighted by Gasteiger charge is 2.42. The Balaban J connectivity index is 2.07. The summed E-state index contributed by atoms with van der Waals surface area (Å²) in [4.78, 5) is 26.1. The van der Waals surface area contributed by atoms with Crippen molar-refractivity contribution in [2.75, 3.05) is 6.61 Å². The Hall–Kier alpha value is -2.16. The molecule has 22 heavy (non-hydrogen) atoms. The monoisotopic (exact) mass is 308 g/mol. The molecule has 4 atom stereocenters. The van der Waals surface area contributed by atoms with Gasteiger partial charge in [0.25, 0.3) is 5.56 Å². The van der Waals surface area contributed by atoms with E-state index in [1.807, 2.05) is 0 Å². The van der Waals surface area contributed by atoms with Gasteiger partial charge < -0.3 is 19.7 Å². The van der Waals surface area contributed by atoms with Gasteiger partial charge in [-0.1, -0.05) is 0 Å². The van der Waals surface area contributed by atoms with Crippen molar-refractivity contribution in [3.8, 4) is 11.3 Å². The normalized spacial score (nSPS) is 28.1. The molecule has 1 fully saturated rings.